The number of non-ortho nitro benzene ring substituents is 1. The van der Waals surface area contributed by atoms with E-state index in [4.69, 9.17) is 9.15 Å². The highest BCUT2D eigenvalue weighted by Gasteiger charge is 2.24. The lowest BCUT2D eigenvalue weighted by Crippen LogP contribution is -2.04. The first kappa shape index (κ1) is 16.5. The summed E-state index contributed by atoms with van der Waals surface area (Å²) < 4.78 is 10.7. The molecule has 7 heteroatoms. The van der Waals surface area contributed by atoms with Crippen LogP contribution in [-0.2, 0) is 9.53 Å². The van der Waals surface area contributed by atoms with Crippen LogP contribution in [0.25, 0.3) is 17.4 Å². The van der Waals surface area contributed by atoms with E-state index in [1.807, 2.05) is 18.2 Å². The summed E-state index contributed by atoms with van der Waals surface area (Å²) in [6.45, 7) is 0. The molecule has 0 unspecified atom stereocenters. The normalized spacial score (nSPS) is 14.9. The lowest BCUT2D eigenvalue weighted by Gasteiger charge is -1.99. The molecule has 1 aromatic heterocycles. The molecule has 0 saturated heterocycles. The molecule has 0 radical (unpaired) electrons. The van der Waals surface area contributed by atoms with Gasteiger partial charge in [-0.1, -0.05) is 18.2 Å². The number of cyclic esters (lactones) is 1. The van der Waals surface area contributed by atoms with Crippen molar-refractivity contribution >= 4 is 23.6 Å². The largest absolute Gasteiger partial charge is 0.464 e. The molecule has 0 amide bonds. The molecule has 0 saturated carbocycles. The van der Waals surface area contributed by atoms with Gasteiger partial charge in [-0.05, 0) is 36.4 Å². The van der Waals surface area contributed by atoms with Crippen molar-refractivity contribution in [1.82, 2.24) is 0 Å². The lowest BCUT2D eigenvalue weighted by atomic mass is 10.1. The van der Waals surface area contributed by atoms with Gasteiger partial charge in [-0.25, -0.2) is 9.79 Å². The maximum absolute atomic E-state index is 12.1. The van der Waals surface area contributed by atoms with Gasteiger partial charge in [0.1, 0.15) is 5.76 Å². The van der Waals surface area contributed by atoms with E-state index in [9.17, 15) is 14.9 Å². The van der Waals surface area contributed by atoms with Crippen molar-refractivity contribution in [2.75, 3.05) is 0 Å². The number of carbonyl (C=O) groups excluding carboxylic acids is 1. The monoisotopic (exact) mass is 360 g/mol. The average Bonchev–Trinajstić information content (AvgIpc) is 3.30. The number of furan rings is 1. The van der Waals surface area contributed by atoms with Crippen molar-refractivity contribution in [3.8, 4) is 11.3 Å². The lowest BCUT2D eigenvalue weighted by molar-refractivity contribution is -0.384. The molecular weight excluding hydrogens is 348 g/mol. The van der Waals surface area contributed by atoms with Crippen LogP contribution in [0.3, 0.4) is 0 Å². The van der Waals surface area contributed by atoms with Crippen LogP contribution in [0, 0.1) is 10.1 Å². The third-order valence-electron chi connectivity index (χ3n) is 3.97. The SMILES string of the molecule is O=C1OC(c2ccccc2)=N/C1=C\c1ccoc1-c1ccc([N+](=O)[O-])cc1. The highest BCUT2D eigenvalue weighted by molar-refractivity contribution is 6.13. The van der Waals surface area contributed by atoms with Gasteiger partial charge in [0, 0.05) is 28.8 Å². The number of hydrogen-bond donors (Lipinski definition) is 0. The molecule has 132 valence electrons. The maximum atomic E-state index is 12.1. The fourth-order valence-electron chi connectivity index (χ4n) is 2.66. The Labute approximate surface area is 153 Å². The summed E-state index contributed by atoms with van der Waals surface area (Å²) in [6.07, 6.45) is 3.05. The Morgan fingerprint density at radius 2 is 1.70 bits per heavy atom. The van der Waals surface area contributed by atoms with Crippen molar-refractivity contribution in [3.05, 3.63) is 93.9 Å². The van der Waals surface area contributed by atoms with Crippen LogP contribution in [0.2, 0.25) is 0 Å². The number of ether oxygens (including phenoxy) is 1. The van der Waals surface area contributed by atoms with E-state index in [1.165, 1.54) is 18.4 Å². The zero-order valence-electron chi connectivity index (χ0n) is 13.9. The molecule has 7 nitrogen and oxygen atoms in total. The molecular formula is C20H12N2O5. The summed E-state index contributed by atoms with van der Waals surface area (Å²) >= 11 is 0. The summed E-state index contributed by atoms with van der Waals surface area (Å²) in [6, 6.07) is 16.8. The van der Waals surface area contributed by atoms with E-state index >= 15 is 0 Å². The third-order valence-corrected chi connectivity index (χ3v) is 3.97. The number of rotatable bonds is 4. The molecule has 4 rings (SSSR count). The van der Waals surface area contributed by atoms with Gasteiger partial charge in [0.05, 0.1) is 11.2 Å². The average molecular weight is 360 g/mol. The summed E-state index contributed by atoms with van der Waals surface area (Å²) in [5.41, 5.74) is 2.11. The molecule has 2 aromatic carbocycles. The Balaban J connectivity index is 1.67. The van der Waals surface area contributed by atoms with Crippen LogP contribution in [0.15, 0.2) is 82.0 Å². The van der Waals surface area contributed by atoms with Crippen molar-refractivity contribution in [3.63, 3.8) is 0 Å². The molecule has 0 fully saturated rings. The third kappa shape index (κ3) is 3.25. The topological polar surface area (TPSA) is 94.9 Å². The molecule has 27 heavy (non-hydrogen) atoms. The van der Waals surface area contributed by atoms with Crippen LogP contribution < -0.4 is 0 Å². The summed E-state index contributed by atoms with van der Waals surface area (Å²) in [7, 11) is 0. The second kappa shape index (κ2) is 6.72. The fourth-order valence-corrected chi connectivity index (χ4v) is 2.66. The number of nitro benzene ring substituents is 1. The Bertz CT molecular complexity index is 1080. The van der Waals surface area contributed by atoms with Gasteiger partial charge in [-0.15, -0.1) is 0 Å². The Morgan fingerprint density at radius 1 is 0.963 bits per heavy atom. The second-order valence-corrected chi connectivity index (χ2v) is 5.71. The number of nitro groups is 1. The van der Waals surface area contributed by atoms with Gasteiger partial charge in [0.15, 0.2) is 5.70 Å². The molecule has 1 aliphatic heterocycles. The van der Waals surface area contributed by atoms with Crippen LogP contribution >= 0.6 is 0 Å². The first-order valence-corrected chi connectivity index (χ1v) is 8.02. The van der Waals surface area contributed by atoms with Gasteiger partial charge in [0.25, 0.3) is 5.69 Å². The van der Waals surface area contributed by atoms with Crippen molar-refractivity contribution < 1.29 is 18.9 Å². The van der Waals surface area contributed by atoms with E-state index < -0.39 is 10.9 Å². The molecule has 0 N–H and O–H groups in total. The van der Waals surface area contributed by atoms with E-state index in [0.29, 0.717) is 22.5 Å². The predicted molar refractivity (Wildman–Crippen MR) is 97.8 cm³/mol. The van der Waals surface area contributed by atoms with E-state index in [-0.39, 0.29) is 17.3 Å². The summed E-state index contributed by atoms with van der Waals surface area (Å²) in [4.78, 5) is 26.7. The first-order valence-electron chi connectivity index (χ1n) is 8.02. The standard InChI is InChI=1S/C20H12N2O5/c23-20-17(21-19(27-20)14-4-2-1-3-5-14)12-15-10-11-26-18(15)13-6-8-16(9-7-13)22(24)25/h1-12H/b17-12-. The van der Waals surface area contributed by atoms with Gasteiger partial charge >= 0.3 is 5.97 Å². The minimum absolute atomic E-state index is 0.0123. The number of nitrogens with zero attached hydrogens (tertiary/aromatic N) is 2. The van der Waals surface area contributed by atoms with Crippen LogP contribution in [-0.4, -0.2) is 16.8 Å². The Kier molecular flexibility index (Phi) is 4.10. The zero-order chi connectivity index (χ0) is 18.8. The Morgan fingerprint density at radius 3 is 2.41 bits per heavy atom. The second-order valence-electron chi connectivity index (χ2n) is 5.71. The van der Waals surface area contributed by atoms with Crippen molar-refractivity contribution in [2.45, 2.75) is 0 Å². The minimum atomic E-state index is -0.551. The van der Waals surface area contributed by atoms with Crippen molar-refractivity contribution in [2.24, 2.45) is 4.99 Å². The molecule has 0 atom stereocenters. The maximum Gasteiger partial charge on any atom is 0.363 e. The predicted octanol–water partition coefficient (Wildman–Crippen LogP) is 4.20. The number of esters is 1. The smallest absolute Gasteiger partial charge is 0.363 e. The van der Waals surface area contributed by atoms with Gasteiger partial charge < -0.3 is 9.15 Å². The number of carbonyl (C=O) groups is 1. The Hall–Kier alpha value is -4.00. The van der Waals surface area contributed by atoms with Crippen LogP contribution in [0.4, 0.5) is 5.69 Å². The first-order chi connectivity index (χ1) is 13.1. The highest BCUT2D eigenvalue weighted by atomic mass is 16.6. The molecule has 3 aromatic rings. The minimum Gasteiger partial charge on any atom is -0.464 e. The van der Waals surface area contributed by atoms with Gasteiger partial charge in [-0.2, -0.15) is 0 Å². The number of hydrogen-bond acceptors (Lipinski definition) is 6. The van der Waals surface area contributed by atoms with E-state index in [1.54, 1.807) is 36.4 Å². The molecule has 0 bridgehead atoms. The van der Waals surface area contributed by atoms with Gasteiger partial charge in [-0.3, -0.25) is 10.1 Å². The molecule has 0 spiro atoms. The summed E-state index contributed by atoms with van der Waals surface area (Å²) in [5, 5.41) is 10.8. The van der Waals surface area contributed by atoms with E-state index in [2.05, 4.69) is 4.99 Å². The quantitative estimate of drug-likeness (QED) is 0.301. The zero-order valence-corrected chi connectivity index (χ0v) is 13.9. The molecule has 0 aliphatic carbocycles. The molecule has 1 aliphatic rings. The van der Waals surface area contributed by atoms with Crippen LogP contribution in [0.5, 0.6) is 0 Å². The number of benzene rings is 2. The highest BCUT2D eigenvalue weighted by Crippen LogP contribution is 2.29. The van der Waals surface area contributed by atoms with E-state index in [0.717, 1.165) is 0 Å². The summed E-state index contributed by atoms with van der Waals surface area (Å²) in [5.74, 6) is 0.172. The van der Waals surface area contributed by atoms with Gasteiger partial charge in [0.2, 0.25) is 5.90 Å². The molecule has 2 heterocycles. The van der Waals surface area contributed by atoms with Crippen LogP contribution in [0.1, 0.15) is 11.1 Å². The fraction of sp³-hybridized carbons (Fsp3) is 0. The van der Waals surface area contributed by atoms with Crippen molar-refractivity contribution in [1.29, 1.82) is 0 Å². The number of aliphatic imine (C=N–C) groups is 1.